The number of aromatic nitrogens is 2. The van der Waals surface area contributed by atoms with Crippen LogP contribution in [0.4, 0.5) is 5.95 Å². The molecule has 2 heterocycles. The molecule has 0 aliphatic carbocycles. The summed E-state index contributed by atoms with van der Waals surface area (Å²) in [4.78, 5) is 23.8. The molecule has 1 aromatic heterocycles. The van der Waals surface area contributed by atoms with Gasteiger partial charge in [0.15, 0.2) is 0 Å². The summed E-state index contributed by atoms with van der Waals surface area (Å²) in [6, 6.07) is 19.7. The lowest BCUT2D eigenvalue weighted by atomic mass is 9.98. The van der Waals surface area contributed by atoms with E-state index >= 15 is 0 Å². The highest BCUT2D eigenvalue weighted by Crippen LogP contribution is 2.24. The van der Waals surface area contributed by atoms with Crippen molar-refractivity contribution < 1.29 is 4.79 Å². The van der Waals surface area contributed by atoms with Gasteiger partial charge in [-0.15, -0.1) is 0 Å². The van der Waals surface area contributed by atoms with Gasteiger partial charge in [-0.05, 0) is 36.1 Å². The summed E-state index contributed by atoms with van der Waals surface area (Å²) >= 11 is 0. The van der Waals surface area contributed by atoms with Crippen molar-refractivity contribution in [2.45, 2.75) is 18.9 Å². The third-order valence-corrected chi connectivity index (χ3v) is 4.85. The number of benzene rings is 2. The summed E-state index contributed by atoms with van der Waals surface area (Å²) in [7, 11) is 0. The first-order chi connectivity index (χ1) is 13.3. The van der Waals surface area contributed by atoms with Gasteiger partial charge in [0.1, 0.15) is 0 Å². The van der Waals surface area contributed by atoms with Crippen molar-refractivity contribution >= 4 is 11.9 Å². The van der Waals surface area contributed by atoms with Crippen LogP contribution in [0.25, 0.3) is 11.1 Å². The van der Waals surface area contributed by atoms with Crippen LogP contribution in [0, 0.1) is 0 Å². The monoisotopic (exact) mass is 358 g/mol. The van der Waals surface area contributed by atoms with E-state index < -0.39 is 0 Å². The Morgan fingerprint density at radius 1 is 0.963 bits per heavy atom. The summed E-state index contributed by atoms with van der Waals surface area (Å²) in [5.74, 6) is 0.691. The Balaban J connectivity index is 1.50. The fourth-order valence-corrected chi connectivity index (χ4v) is 3.54. The van der Waals surface area contributed by atoms with E-state index in [2.05, 4.69) is 20.2 Å². The first-order valence-corrected chi connectivity index (χ1v) is 9.28. The first-order valence-electron chi connectivity index (χ1n) is 9.28. The standard InChI is InChI=1S/C22H22N4O/c27-21(20-12-5-4-11-19(20)17-8-2-1-3-9-17)25-18-10-6-15-26(16-18)22-23-13-7-14-24-22/h1-5,7-9,11-14,18H,6,10,15-16H2,(H,25,27). The summed E-state index contributed by atoms with van der Waals surface area (Å²) in [5, 5.41) is 3.21. The lowest BCUT2D eigenvalue weighted by Gasteiger charge is -2.33. The van der Waals surface area contributed by atoms with Gasteiger partial charge in [-0.25, -0.2) is 9.97 Å². The average molecular weight is 358 g/mol. The van der Waals surface area contributed by atoms with Crippen LogP contribution in [0.2, 0.25) is 0 Å². The maximum absolute atomic E-state index is 13.0. The molecule has 136 valence electrons. The van der Waals surface area contributed by atoms with Crippen molar-refractivity contribution in [3.8, 4) is 11.1 Å². The Labute approximate surface area is 159 Å². The van der Waals surface area contributed by atoms with Gasteiger partial charge >= 0.3 is 0 Å². The second-order valence-corrected chi connectivity index (χ2v) is 6.72. The van der Waals surface area contributed by atoms with Crippen LogP contribution in [0.15, 0.2) is 73.1 Å². The van der Waals surface area contributed by atoms with E-state index in [0.29, 0.717) is 5.56 Å². The van der Waals surface area contributed by atoms with E-state index in [9.17, 15) is 4.79 Å². The summed E-state index contributed by atoms with van der Waals surface area (Å²) < 4.78 is 0. The minimum Gasteiger partial charge on any atom is -0.348 e. The maximum atomic E-state index is 13.0. The highest BCUT2D eigenvalue weighted by Gasteiger charge is 2.24. The molecule has 1 unspecified atom stereocenters. The van der Waals surface area contributed by atoms with Gasteiger partial charge in [0.05, 0.1) is 0 Å². The zero-order valence-electron chi connectivity index (χ0n) is 15.1. The molecule has 1 atom stereocenters. The molecule has 1 N–H and O–H groups in total. The third-order valence-electron chi connectivity index (χ3n) is 4.85. The Bertz CT molecular complexity index is 898. The van der Waals surface area contributed by atoms with E-state index in [1.165, 1.54) is 0 Å². The maximum Gasteiger partial charge on any atom is 0.252 e. The van der Waals surface area contributed by atoms with E-state index in [1.807, 2.05) is 60.7 Å². The molecule has 1 aliphatic rings. The molecule has 2 aromatic carbocycles. The molecule has 3 aromatic rings. The first kappa shape index (κ1) is 17.2. The van der Waals surface area contributed by atoms with Gasteiger partial charge in [0, 0.05) is 37.1 Å². The highest BCUT2D eigenvalue weighted by atomic mass is 16.1. The van der Waals surface area contributed by atoms with Crippen molar-refractivity contribution in [1.29, 1.82) is 0 Å². The number of carbonyl (C=O) groups is 1. The second kappa shape index (κ2) is 7.99. The van der Waals surface area contributed by atoms with Crippen molar-refractivity contribution in [1.82, 2.24) is 15.3 Å². The quantitative estimate of drug-likeness (QED) is 0.775. The summed E-state index contributed by atoms with van der Waals surface area (Å²) in [5.41, 5.74) is 2.71. The Morgan fingerprint density at radius 3 is 2.52 bits per heavy atom. The number of anilines is 1. The van der Waals surface area contributed by atoms with Crippen LogP contribution >= 0.6 is 0 Å². The Hall–Kier alpha value is -3.21. The van der Waals surface area contributed by atoms with E-state index in [0.717, 1.165) is 43.0 Å². The molecule has 5 nitrogen and oxygen atoms in total. The molecular weight excluding hydrogens is 336 g/mol. The van der Waals surface area contributed by atoms with Crippen molar-refractivity contribution in [2.24, 2.45) is 0 Å². The Morgan fingerprint density at radius 2 is 1.70 bits per heavy atom. The summed E-state index contributed by atoms with van der Waals surface area (Å²) in [6.07, 6.45) is 5.47. The molecule has 0 spiro atoms. The van der Waals surface area contributed by atoms with Gasteiger partial charge in [-0.2, -0.15) is 0 Å². The van der Waals surface area contributed by atoms with Crippen molar-refractivity contribution in [3.05, 3.63) is 78.6 Å². The third kappa shape index (κ3) is 3.97. The van der Waals surface area contributed by atoms with Crippen LogP contribution in [0.5, 0.6) is 0 Å². The molecule has 1 saturated heterocycles. The van der Waals surface area contributed by atoms with E-state index in [1.54, 1.807) is 12.4 Å². The minimum atomic E-state index is -0.0321. The zero-order valence-corrected chi connectivity index (χ0v) is 15.1. The van der Waals surface area contributed by atoms with Crippen LogP contribution in [-0.4, -0.2) is 35.0 Å². The number of hydrogen-bond donors (Lipinski definition) is 1. The van der Waals surface area contributed by atoms with Gasteiger partial charge in [-0.3, -0.25) is 4.79 Å². The predicted octanol–water partition coefficient (Wildman–Crippen LogP) is 3.54. The second-order valence-electron chi connectivity index (χ2n) is 6.72. The van der Waals surface area contributed by atoms with Crippen molar-refractivity contribution in [2.75, 3.05) is 18.0 Å². The lowest BCUT2D eigenvalue weighted by Crippen LogP contribution is -2.48. The minimum absolute atomic E-state index is 0.0321. The predicted molar refractivity (Wildman–Crippen MR) is 107 cm³/mol. The molecule has 5 heteroatoms. The fraction of sp³-hybridized carbons (Fsp3) is 0.227. The SMILES string of the molecule is O=C(NC1CCCN(c2ncccn2)C1)c1ccccc1-c1ccccc1. The van der Waals surface area contributed by atoms with Gasteiger partial charge in [-0.1, -0.05) is 48.5 Å². The molecule has 1 aliphatic heterocycles. The molecule has 1 fully saturated rings. The van der Waals surface area contributed by atoms with Gasteiger partial charge < -0.3 is 10.2 Å². The molecule has 1 amide bonds. The van der Waals surface area contributed by atoms with Crippen molar-refractivity contribution in [3.63, 3.8) is 0 Å². The number of nitrogens with zero attached hydrogens (tertiary/aromatic N) is 3. The molecule has 0 bridgehead atoms. The fourth-order valence-electron chi connectivity index (χ4n) is 3.54. The number of amides is 1. The molecular formula is C22H22N4O. The number of nitrogens with one attached hydrogen (secondary N) is 1. The Kier molecular flexibility index (Phi) is 5.10. The van der Waals surface area contributed by atoms with Gasteiger partial charge in [0.2, 0.25) is 5.95 Å². The number of piperidine rings is 1. The van der Waals surface area contributed by atoms with Crippen LogP contribution in [0.3, 0.4) is 0 Å². The van der Waals surface area contributed by atoms with Crippen LogP contribution in [-0.2, 0) is 0 Å². The highest BCUT2D eigenvalue weighted by molar-refractivity contribution is 6.01. The lowest BCUT2D eigenvalue weighted by molar-refractivity contribution is 0.0933. The molecule has 27 heavy (non-hydrogen) atoms. The van der Waals surface area contributed by atoms with Crippen LogP contribution < -0.4 is 10.2 Å². The summed E-state index contributed by atoms with van der Waals surface area (Å²) in [6.45, 7) is 1.64. The number of carbonyl (C=O) groups excluding carboxylic acids is 1. The largest absolute Gasteiger partial charge is 0.348 e. The van der Waals surface area contributed by atoms with Gasteiger partial charge in [0.25, 0.3) is 5.91 Å². The molecule has 0 saturated carbocycles. The average Bonchev–Trinajstić information content (AvgIpc) is 2.75. The normalized spacial score (nSPS) is 16.7. The van der Waals surface area contributed by atoms with Crippen LogP contribution in [0.1, 0.15) is 23.2 Å². The van der Waals surface area contributed by atoms with E-state index in [4.69, 9.17) is 0 Å². The smallest absolute Gasteiger partial charge is 0.252 e. The molecule has 4 rings (SSSR count). The molecule has 0 radical (unpaired) electrons. The number of rotatable bonds is 4. The van der Waals surface area contributed by atoms with E-state index in [-0.39, 0.29) is 11.9 Å². The topological polar surface area (TPSA) is 58.1 Å². The zero-order chi connectivity index (χ0) is 18.5. The number of hydrogen-bond acceptors (Lipinski definition) is 4.